The van der Waals surface area contributed by atoms with Crippen molar-refractivity contribution in [2.24, 2.45) is 5.92 Å². The molecule has 170 valence electrons. The fourth-order valence-corrected chi connectivity index (χ4v) is 4.07. The van der Waals surface area contributed by atoms with Crippen molar-refractivity contribution in [3.8, 4) is 5.75 Å². The van der Waals surface area contributed by atoms with Crippen molar-refractivity contribution in [3.63, 3.8) is 0 Å². The maximum absolute atomic E-state index is 14.1. The van der Waals surface area contributed by atoms with E-state index in [0.717, 1.165) is 12.1 Å². The average molecular weight is 454 g/mol. The number of carbonyl (C=O) groups excluding carboxylic acids is 2. The quantitative estimate of drug-likeness (QED) is 0.574. The molecule has 2 atom stereocenters. The van der Waals surface area contributed by atoms with E-state index in [4.69, 9.17) is 4.74 Å². The number of hydrogen-bond donors (Lipinski definition) is 1. The third-order valence-corrected chi connectivity index (χ3v) is 5.69. The predicted octanol–water partition coefficient (Wildman–Crippen LogP) is 5.24. The van der Waals surface area contributed by atoms with Crippen LogP contribution in [0.1, 0.15) is 24.4 Å². The number of piperidine rings is 1. The van der Waals surface area contributed by atoms with Crippen LogP contribution in [0.2, 0.25) is 0 Å². The van der Waals surface area contributed by atoms with Crippen LogP contribution in [0.4, 0.5) is 24.5 Å². The summed E-state index contributed by atoms with van der Waals surface area (Å²) in [6, 6.07) is 14.5. The van der Waals surface area contributed by atoms with Crippen LogP contribution in [0.3, 0.4) is 0 Å². The van der Waals surface area contributed by atoms with Gasteiger partial charge in [0.2, 0.25) is 11.8 Å². The Morgan fingerprint density at radius 3 is 2.27 bits per heavy atom. The van der Waals surface area contributed by atoms with Crippen molar-refractivity contribution in [1.29, 1.82) is 0 Å². The van der Waals surface area contributed by atoms with Crippen LogP contribution in [-0.4, -0.2) is 18.9 Å². The highest BCUT2D eigenvalue weighted by molar-refractivity contribution is 6.00. The Hall–Kier alpha value is -3.81. The molecule has 5 nitrogen and oxygen atoms in total. The fraction of sp³-hybridized carbons (Fsp3) is 0.200. The van der Waals surface area contributed by atoms with Crippen molar-refractivity contribution in [1.82, 2.24) is 0 Å². The van der Waals surface area contributed by atoms with E-state index in [1.54, 1.807) is 24.3 Å². The number of halogens is 3. The lowest BCUT2D eigenvalue weighted by molar-refractivity contribution is -0.126. The number of nitrogens with zero attached hydrogens (tertiary/aromatic N) is 1. The SMILES string of the molecule is COc1ccc(N2C(=O)CC[C@@H](C(=O)Nc3ccc(F)cc3F)[C@@H]2c2ccc(F)cc2)cc1. The number of hydrogen-bond acceptors (Lipinski definition) is 3. The Kier molecular flexibility index (Phi) is 6.35. The number of ether oxygens (including phenoxy) is 1. The first-order valence-corrected chi connectivity index (χ1v) is 10.3. The van der Waals surface area contributed by atoms with Crippen LogP contribution in [0.5, 0.6) is 5.75 Å². The molecule has 33 heavy (non-hydrogen) atoms. The molecule has 0 saturated carbocycles. The van der Waals surface area contributed by atoms with Crippen molar-refractivity contribution in [3.05, 3.63) is 89.7 Å². The van der Waals surface area contributed by atoms with Crippen LogP contribution >= 0.6 is 0 Å². The normalized spacial score (nSPS) is 18.2. The largest absolute Gasteiger partial charge is 0.497 e. The van der Waals surface area contributed by atoms with Gasteiger partial charge in [-0.05, 0) is 60.5 Å². The van der Waals surface area contributed by atoms with Gasteiger partial charge >= 0.3 is 0 Å². The Labute approximate surface area is 188 Å². The minimum absolute atomic E-state index is 0.0910. The summed E-state index contributed by atoms with van der Waals surface area (Å²) in [5.74, 6) is -3.01. The molecule has 0 spiro atoms. The van der Waals surface area contributed by atoms with E-state index in [1.165, 1.54) is 36.3 Å². The van der Waals surface area contributed by atoms with E-state index in [2.05, 4.69) is 5.32 Å². The summed E-state index contributed by atoms with van der Waals surface area (Å²) in [6.45, 7) is 0. The van der Waals surface area contributed by atoms with Crippen LogP contribution < -0.4 is 15.0 Å². The lowest BCUT2D eigenvalue weighted by Gasteiger charge is -2.41. The fourth-order valence-electron chi connectivity index (χ4n) is 4.07. The molecular weight excluding hydrogens is 433 g/mol. The molecule has 0 unspecified atom stereocenters. The van der Waals surface area contributed by atoms with Gasteiger partial charge in [0.05, 0.1) is 24.8 Å². The van der Waals surface area contributed by atoms with E-state index in [-0.39, 0.29) is 24.4 Å². The van der Waals surface area contributed by atoms with E-state index >= 15 is 0 Å². The molecule has 1 heterocycles. The maximum Gasteiger partial charge on any atom is 0.230 e. The van der Waals surface area contributed by atoms with Gasteiger partial charge in [0.15, 0.2) is 0 Å². The minimum atomic E-state index is -0.902. The number of benzene rings is 3. The number of anilines is 2. The second-order valence-corrected chi connectivity index (χ2v) is 7.72. The smallest absolute Gasteiger partial charge is 0.230 e. The predicted molar refractivity (Wildman–Crippen MR) is 117 cm³/mol. The number of amides is 2. The van der Waals surface area contributed by atoms with E-state index in [9.17, 15) is 22.8 Å². The first kappa shape index (κ1) is 22.4. The lowest BCUT2D eigenvalue weighted by atomic mass is 9.83. The Bertz CT molecular complexity index is 1170. The van der Waals surface area contributed by atoms with Crippen molar-refractivity contribution in [2.75, 3.05) is 17.3 Å². The zero-order chi connectivity index (χ0) is 23.5. The molecule has 4 rings (SSSR count). The Morgan fingerprint density at radius 1 is 0.970 bits per heavy atom. The van der Waals surface area contributed by atoms with Gasteiger partial charge in [0.25, 0.3) is 0 Å². The first-order valence-electron chi connectivity index (χ1n) is 10.3. The molecule has 3 aromatic rings. The van der Waals surface area contributed by atoms with Gasteiger partial charge in [0, 0.05) is 18.2 Å². The molecule has 1 aliphatic rings. The molecule has 0 bridgehead atoms. The number of rotatable bonds is 5. The van der Waals surface area contributed by atoms with E-state index < -0.39 is 35.3 Å². The molecule has 0 radical (unpaired) electrons. The molecule has 0 aromatic heterocycles. The van der Waals surface area contributed by atoms with Crippen LogP contribution in [0, 0.1) is 23.4 Å². The van der Waals surface area contributed by atoms with Gasteiger partial charge in [-0.1, -0.05) is 12.1 Å². The molecule has 2 amide bonds. The summed E-state index contributed by atoms with van der Waals surface area (Å²) >= 11 is 0. The maximum atomic E-state index is 14.1. The first-order chi connectivity index (χ1) is 15.9. The lowest BCUT2D eigenvalue weighted by Crippen LogP contribution is -2.47. The zero-order valence-corrected chi connectivity index (χ0v) is 17.7. The standard InChI is InChI=1S/C25H21F3N2O3/c1-33-19-9-7-18(8-10-19)30-23(31)13-11-20(24(30)15-2-4-16(26)5-3-15)25(32)29-22-12-6-17(27)14-21(22)28/h2-10,12,14,20,24H,11,13H2,1H3,(H,29,32)/t20-,24+/m1/s1. The molecule has 3 aromatic carbocycles. The van der Waals surface area contributed by atoms with Gasteiger partial charge in [-0.2, -0.15) is 0 Å². The van der Waals surface area contributed by atoms with Crippen LogP contribution in [-0.2, 0) is 9.59 Å². The van der Waals surface area contributed by atoms with Crippen molar-refractivity contribution < 1.29 is 27.5 Å². The molecule has 1 N–H and O–H groups in total. The highest BCUT2D eigenvalue weighted by atomic mass is 19.1. The number of methoxy groups -OCH3 is 1. The minimum Gasteiger partial charge on any atom is -0.497 e. The highest BCUT2D eigenvalue weighted by Gasteiger charge is 2.41. The summed E-state index contributed by atoms with van der Waals surface area (Å²) in [4.78, 5) is 27.7. The number of nitrogens with one attached hydrogen (secondary N) is 1. The summed E-state index contributed by atoms with van der Waals surface area (Å²) < 4.78 is 46.2. The Morgan fingerprint density at radius 2 is 1.64 bits per heavy atom. The monoisotopic (exact) mass is 454 g/mol. The molecule has 1 saturated heterocycles. The second-order valence-electron chi connectivity index (χ2n) is 7.72. The van der Waals surface area contributed by atoms with Gasteiger partial charge in [-0.3, -0.25) is 9.59 Å². The van der Waals surface area contributed by atoms with Crippen LogP contribution in [0.25, 0.3) is 0 Å². The topological polar surface area (TPSA) is 58.6 Å². The van der Waals surface area contributed by atoms with Crippen LogP contribution in [0.15, 0.2) is 66.7 Å². The van der Waals surface area contributed by atoms with Gasteiger partial charge in [0.1, 0.15) is 23.2 Å². The highest BCUT2D eigenvalue weighted by Crippen LogP contribution is 2.41. The van der Waals surface area contributed by atoms with E-state index in [0.29, 0.717) is 23.1 Å². The summed E-state index contributed by atoms with van der Waals surface area (Å²) in [5, 5.41) is 2.51. The van der Waals surface area contributed by atoms with Gasteiger partial charge in [-0.15, -0.1) is 0 Å². The van der Waals surface area contributed by atoms with Crippen molar-refractivity contribution in [2.45, 2.75) is 18.9 Å². The molecular formula is C25H21F3N2O3. The second kappa shape index (κ2) is 9.36. The summed E-state index contributed by atoms with van der Waals surface area (Å²) in [5.41, 5.74) is 0.938. The average Bonchev–Trinajstić information content (AvgIpc) is 2.81. The Balaban J connectivity index is 1.73. The molecule has 1 aliphatic heterocycles. The summed E-state index contributed by atoms with van der Waals surface area (Å²) in [6.07, 6.45) is 0.301. The van der Waals surface area contributed by atoms with Gasteiger partial charge in [-0.25, -0.2) is 13.2 Å². The van der Waals surface area contributed by atoms with Gasteiger partial charge < -0.3 is 15.0 Å². The van der Waals surface area contributed by atoms with E-state index in [1.807, 2.05) is 0 Å². The third-order valence-electron chi connectivity index (χ3n) is 5.69. The molecule has 0 aliphatic carbocycles. The molecule has 8 heteroatoms. The molecule has 1 fully saturated rings. The zero-order valence-electron chi connectivity index (χ0n) is 17.7. The van der Waals surface area contributed by atoms with Crippen molar-refractivity contribution >= 4 is 23.2 Å². The third kappa shape index (κ3) is 4.69. The number of carbonyl (C=O) groups is 2. The summed E-state index contributed by atoms with van der Waals surface area (Å²) in [7, 11) is 1.53.